The zero-order chi connectivity index (χ0) is 21.4. The first-order valence-electron chi connectivity index (χ1n) is 9.91. The third kappa shape index (κ3) is 7.96. The van der Waals surface area contributed by atoms with E-state index in [0.717, 1.165) is 29.4 Å². The predicted molar refractivity (Wildman–Crippen MR) is 117 cm³/mol. The van der Waals surface area contributed by atoms with Crippen LogP contribution in [-0.2, 0) is 4.79 Å². The number of Topliss-reactive ketones (excluding diaryl/α,β-unsaturated/α-hetero) is 1. The van der Waals surface area contributed by atoms with Crippen LogP contribution in [0.5, 0.6) is 0 Å². The van der Waals surface area contributed by atoms with E-state index in [1.807, 2.05) is 6.08 Å². The molecule has 0 bridgehead atoms. The number of nitrogens with zero attached hydrogens (tertiary/aromatic N) is 1. The standard InChI is InChI=1S/C22H29NO4S2/c1-15(2)6-4-11-22(3,27)12-5-7-16-8-9-19(24)17(16)10-13-28-21-23-18(14-29-21)20(25)26/h5,7,14-17,27H,6,8-10,12-13H2,1-3H3,(H,25,26)/b7-5+/t16-,17+,22-/m0/s1. The number of hydrogen-bond acceptors (Lipinski definition) is 6. The maximum absolute atomic E-state index is 12.3. The van der Waals surface area contributed by atoms with Gasteiger partial charge in [0, 0.05) is 36.3 Å². The summed E-state index contributed by atoms with van der Waals surface area (Å²) in [5.41, 5.74) is -0.981. The van der Waals surface area contributed by atoms with Crippen molar-refractivity contribution >= 4 is 34.9 Å². The van der Waals surface area contributed by atoms with Crippen molar-refractivity contribution in [2.45, 2.75) is 62.8 Å². The van der Waals surface area contributed by atoms with E-state index in [9.17, 15) is 14.7 Å². The number of aromatic carboxylic acids is 1. The van der Waals surface area contributed by atoms with Crippen LogP contribution in [0.4, 0.5) is 0 Å². The number of allylic oxidation sites excluding steroid dienone is 1. The van der Waals surface area contributed by atoms with Crippen molar-refractivity contribution in [1.82, 2.24) is 4.98 Å². The smallest absolute Gasteiger partial charge is 0.355 e. The first-order chi connectivity index (χ1) is 13.7. The van der Waals surface area contributed by atoms with Gasteiger partial charge in [0.15, 0.2) is 10.0 Å². The number of thioether (sulfide) groups is 1. The summed E-state index contributed by atoms with van der Waals surface area (Å²) in [6, 6.07) is 0. The number of ketones is 1. The van der Waals surface area contributed by atoms with Crippen molar-refractivity contribution in [2.24, 2.45) is 17.8 Å². The molecule has 1 aromatic heterocycles. The Labute approximate surface area is 181 Å². The molecule has 1 aliphatic carbocycles. The van der Waals surface area contributed by atoms with E-state index in [1.54, 1.807) is 6.92 Å². The van der Waals surface area contributed by atoms with Crippen LogP contribution in [0.3, 0.4) is 0 Å². The molecule has 0 radical (unpaired) electrons. The molecule has 1 aromatic rings. The van der Waals surface area contributed by atoms with Crippen LogP contribution in [0.1, 0.15) is 63.4 Å². The Bertz CT molecular complexity index is 801. The van der Waals surface area contributed by atoms with Gasteiger partial charge in [-0.3, -0.25) is 4.79 Å². The lowest BCUT2D eigenvalue weighted by atomic mass is 9.91. The second kappa shape index (κ2) is 11.0. The highest BCUT2D eigenvalue weighted by Crippen LogP contribution is 2.35. The minimum atomic E-state index is -1.05. The SMILES string of the molecule is CC(C)CC#C[C@](C)(O)C/C=C/[C@H]1CCC(=O)[C@@H]1CCSc1nc(C(=O)O)cs1. The molecule has 2 rings (SSSR count). The number of aromatic nitrogens is 1. The molecule has 158 valence electrons. The molecule has 0 aliphatic heterocycles. The lowest BCUT2D eigenvalue weighted by molar-refractivity contribution is -0.121. The zero-order valence-corrected chi connectivity index (χ0v) is 18.8. The van der Waals surface area contributed by atoms with Crippen LogP contribution in [0, 0.1) is 29.6 Å². The van der Waals surface area contributed by atoms with E-state index < -0.39 is 11.6 Å². The Morgan fingerprint density at radius 1 is 1.52 bits per heavy atom. The van der Waals surface area contributed by atoms with Crippen molar-refractivity contribution in [2.75, 3.05) is 5.75 Å². The van der Waals surface area contributed by atoms with E-state index >= 15 is 0 Å². The van der Waals surface area contributed by atoms with Gasteiger partial charge in [-0.2, -0.15) is 0 Å². The molecule has 0 unspecified atom stereocenters. The molecule has 0 saturated heterocycles. The lowest BCUT2D eigenvalue weighted by Gasteiger charge is -2.16. The highest BCUT2D eigenvalue weighted by Gasteiger charge is 2.32. The summed E-state index contributed by atoms with van der Waals surface area (Å²) in [5, 5.41) is 20.9. The number of thiazole rings is 1. The fraction of sp³-hybridized carbons (Fsp3) is 0.591. The van der Waals surface area contributed by atoms with E-state index in [1.165, 1.54) is 28.5 Å². The third-order valence-corrected chi connectivity index (χ3v) is 6.83. The molecule has 0 aromatic carbocycles. The average molecular weight is 436 g/mol. The summed E-state index contributed by atoms with van der Waals surface area (Å²) in [7, 11) is 0. The van der Waals surface area contributed by atoms with E-state index in [2.05, 4.69) is 36.7 Å². The Balaban J connectivity index is 1.84. The first kappa shape index (κ1) is 23.7. The summed E-state index contributed by atoms with van der Waals surface area (Å²) < 4.78 is 0.718. The Hall–Kier alpha value is -1.62. The van der Waals surface area contributed by atoms with Crippen molar-refractivity contribution < 1.29 is 19.8 Å². The molecular weight excluding hydrogens is 406 g/mol. The van der Waals surface area contributed by atoms with Crippen molar-refractivity contribution in [3.8, 4) is 11.8 Å². The normalized spacial score (nSPS) is 21.3. The molecule has 1 aliphatic rings. The number of carbonyl (C=O) groups excluding carboxylic acids is 1. The minimum Gasteiger partial charge on any atom is -0.476 e. The first-order valence-corrected chi connectivity index (χ1v) is 11.8. The number of hydrogen-bond donors (Lipinski definition) is 2. The molecule has 29 heavy (non-hydrogen) atoms. The maximum atomic E-state index is 12.3. The Morgan fingerprint density at radius 2 is 2.28 bits per heavy atom. The number of carboxylic acid groups (broad SMARTS) is 1. The van der Waals surface area contributed by atoms with Crippen LogP contribution >= 0.6 is 23.1 Å². The molecule has 2 N–H and O–H groups in total. The van der Waals surface area contributed by atoms with Crippen LogP contribution in [-0.4, -0.2) is 38.3 Å². The fourth-order valence-corrected chi connectivity index (χ4v) is 5.10. The molecule has 3 atom stereocenters. The molecule has 0 spiro atoms. The summed E-state index contributed by atoms with van der Waals surface area (Å²) >= 11 is 2.82. The number of carboxylic acids is 1. The maximum Gasteiger partial charge on any atom is 0.355 e. The number of rotatable bonds is 9. The van der Waals surface area contributed by atoms with Crippen molar-refractivity contribution in [3.63, 3.8) is 0 Å². The predicted octanol–water partition coefficient (Wildman–Crippen LogP) is 4.67. The van der Waals surface area contributed by atoms with Gasteiger partial charge < -0.3 is 10.2 Å². The van der Waals surface area contributed by atoms with Crippen LogP contribution in [0.25, 0.3) is 0 Å². The summed E-state index contributed by atoms with van der Waals surface area (Å²) in [6.07, 6.45) is 7.40. The van der Waals surface area contributed by atoms with Gasteiger partial charge in [0.05, 0.1) is 0 Å². The third-order valence-electron chi connectivity index (χ3n) is 4.78. The Kier molecular flexibility index (Phi) is 8.94. The van der Waals surface area contributed by atoms with E-state index in [0.29, 0.717) is 18.8 Å². The van der Waals surface area contributed by atoms with Crippen LogP contribution < -0.4 is 0 Å². The number of carbonyl (C=O) groups is 2. The van der Waals surface area contributed by atoms with E-state index in [4.69, 9.17) is 5.11 Å². The van der Waals surface area contributed by atoms with Crippen molar-refractivity contribution in [3.05, 3.63) is 23.2 Å². The van der Waals surface area contributed by atoms with Gasteiger partial charge in [-0.05, 0) is 31.6 Å². The Morgan fingerprint density at radius 3 is 2.93 bits per heavy atom. The fourth-order valence-electron chi connectivity index (χ4n) is 3.20. The molecule has 7 heteroatoms. The lowest BCUT2D eigenvalue weighted by Crippen LogP contribution is -2.20. The highest BCUT2D eigenvalue weighted by atomic mass is 32.2. The van der Waals surface area contributed by atoms with Crippen LogP contribution in [0.2, 0.25) is 0 Å². The molecular formula is C22H29NO4S2. The zero-order valence-electron chi connectivity index (χ0n) is 17.2. The molecule has 1 saturated carbocycles. The van der Waals surface area contributed by atoms with Gasteiger partial charge in [0.2, 0.25) is 0 Å². The van der Waals surface area contributed by atoms with Gasteiger partial charge in [0.1, 0.15) is 11.4 Å². The van der Waals surface area contributed by atoms with Gasteiger partial charge >= 0.3 is 5.97 Å². The quantitative estimate of drug-likeness (QED) is 0.333. The largest absolute Gasteiger partial charge is 0.476 e. The van der Waals surface area contributed by atoms with Gasteiger partial charge in [0.25, 0.3) is 0 Å². The van der Waals surface area contributed by atoms with Gasteiger partial charge in [-0.15, -0.1) is 17.3 Å². The highest BCUT2D eigenvalue weighted by molar-refractivity contribution is 8.01. The van der Waals surface area contributed by atoms with Crippen molar-refractivity contribution in [1.29, 1.82) is 0 Å². The second-order valence-electron chi connectivity index (χ2n) is 8.02. The topological polar surface area (TPSA) is 87.5 Å². The average Bonchev–Trinajstić information content (AvgIpc) is 3.23. The number of aliphatic hydroxyl groups is 1. The summed E-state index contributed by atoms with van der Waals surface area (Å²) in [6.45, 7) is 5.91. The van der Waals surface area contributed by atoms with Gasteiger partial charge in [-0.25, -0.2) is 9.78 Å². The molecule has 1 heterocycles. The monoisotopic (exact) mass is 435 g/mol. The van der Waals surface area contributed by atoms with E-state index in [-0.39, 0.29) is 23.3 Å². The molecule has 1 fully saturated rings. The summed E-state index contributed by atoms with van der Waals surface area (Å²) in [4.78, 5) is 27.2. The minimum absolute atomic E-state index is 0.0189. The van der Waals surface area contributed by atoms with Crippen LogP contribution in [0.15, 0.2) is 21.9 Å². The summed E-state index contributed by atoms with van der Waals surface area (Å²) in [5.74, 6) is 6.62. The van der Waals surface area contributed by atoms with Gasteiger partial charge in [-0.1, -0.05) is 43.7 Å². The second-order valence-corrected chi connectivity index (χ2v) is 10.2. The molecule has 5 nitrogen and oxygen atoms in total. The molecule has 0 amide bonds.